The number of hydrogen-bond acceptors (Lipinski definition) is 3. The summed E-state index contributed by atoms with van der Waals surface area (Å²) >= 11 is 5.77. The van der Waals surface area contributed by atoms with Crippen LogP contribution in [0.1, 0.15) is 12.5 Å². The van der Waals surface area contributed by atoms with E-state index < -0.39 is 0 Å². The van der Waals surface area contributed by atoms with E-state index in [1.165, 1.54) is 18.5 Å². The molecule has 1 aromatic heterocycles. The summed E-state index contributed by atoms with van der Waals surface area (Å²) in [6.45, 7) is 2.03. The molecule has 0 amide bonds. The zero-order chi connectivity index (χ0) is 13.0. The molecule has 1 N–H and O–H groups in total. The van der Waals surface area contributed by atoms with Gasteiger partial charge < -0.3 is 5.32 Å². The summed E-state index contributed by atoms with van der Waals surface area (Å²) in [6.07, 6.45) is 2.19. The third-order valence-electron chi connectivity index (χ3n) is 2.48. The van der Waals surface area contributed by atoms with E-state index >= 15 is 0 Å². The Kier molecular flexibility index (Phi) is 4.10. The lowest BCUT2D eigenvalue weighted by Crippen LogP contribution is -2.18. The molecule has 0 aliphatic rings. The molecular weight excluding hydrogens is 253 g/mol. The van der Waals surface area contributed by atoms with Crippen molar-refractivity contribution < 1.29 is 4.39 Å². The Balaban J connectivity index is 1.96. The third kappa shape index (κ3) is 3.67. The van der Waals surface area contributed by atoms with Crippen molar-refractivity contribution in [2.24, 2.45) is 0 Å². The van der Waals surface area contributed by atoms with Gasteiger partial charge in [0.15, 0.2) is 0 Å². The number of halogens is 2. The molecular formula is C13H13ClFN3. The molecule has 5 heteroatoms. The molecule has 0 aliphatic heterocycles. The van der Waals surface area contributed by atoms with E-state index in [1.54, 1.807) is 18.2 Å². The lowest BCUT2D eigenvalue weighted by Gasteiger charge is -2.14. The van der Waals surface area contributed by atoms with Crippen LogP contribution in [0.15, 0.2) is 36.7 Å². The van der Waals surface area contributed by atoms with Gasteiger partial charge >= 0.3 is 0 Å². The molecule has 2 aromatic rings. The molecule has 0 saturated carbocycles. The molecule has 0 aliphatic carbocycles. The molecule has 94 valence electrons. The molecule has 0 bridgehead atoms. The first-order valence-electron chi connectivity index (χ1n) is 5.62. The lowest BCUT2D eigenvalue weighted by molar-refractivity contribution is 0.626. The summed E-state index contributed by atoms with van der Waals surface area (Å²) in [5.74, 6) is 0.464. The van der Waals surface area contributed by atoms with Gasteiger partial charge in [-0.25, -0.2) is 14.4 Å². The number of nitrogens with zero attached hydrogens (tertiary/aromatic N) is 2. The molecule has 18 heavy (non-hydrogen) atoms. The van der Waals surface area contributed by atoms with Crippen LogP contribution in [-0.4, -0.2) is 16.0 Å². The second-order valence-corrected chi connectivity index (χ2v) is 4.49. The standard InChI is InChI=1S/C13H13ClFN3/c1-9(6-10-2-4-11(15)5-3-10)18-13-7-12(14)16-8-17-13/h2-5,7-9H,6H2,1H3,(H,16,17,18). The minimum absolute atomic E-state index is 0.168. The number of rotatable bonds is 4. The highest BCUT2D eigenvalue weighted by Crippen LogP contribution is 2.12. The summed E-state index contributed by atoms with van der Waals surface area (Å²) in [5, 5.41) is 3.62. The van der Waals surface area contributed by atoms with E-state index in [2.05, 4.69) is 15.3 Å². The van der Waals surface area contributed by atoms with Crippen LogP contribution in [0.5, 0.6) is 0 Å². The maximum atomic E-state index is 12.8. The molecule has 0 spiro atoms. The minimum atomic E-state index is -0.220. The van der Waals surface area contributed by atoms with E-state index in [0.29, 0.717) is 11.0 Å². The zero-order valence-electron chi connectivity index (χ0n) is 9.90. The molecule has 2 rings (SSSR count). The quantitative estimate of drug-likeness (QED) is 0.862. The summed E-state index contributed by atoms with van der Waals surface area (Å²) in [7, 11) is 0. The van der Waals surface area contributed by atoms with Crippen molar-refractivity contribution in [1.29, 1.82) is 0 Å². The van der Waals surface area contributed by atoms with E-state index in [1.807, 2.05) is 6.92 Å². The zero-order valence-corrected chi connectivity index (χ0v) is 10.7. The van der Waals surface area contributed by atoms with Gasteiger partial charge in [0.1, 0.15) is 23.1 Å². The molecule has 0 radical (unpaired) electrons. The predicted molar refractivity (Wildman–Crippen MR) is 70.2 cm³/mol. The summed E-state index contributed by atoms with van der Waals surface area (Å²) in [6, 6.07) is 8.32. The topological polar surface area (TPSA) is 37.8 Å². The van der Waals surface area contributed by atoms with Gasteiger partial charge in [0, 0.05) is 12.1 Å². The smallest absolute Gasteiger partial charge is 0.134 e. The second kappa shape index (κ2) is 5.78. The second-order valence-electron chi connectivity index (χ2n) is 4.10. The van der Waals surface area contributed by atoms with Crippen LogP contribution >= 0.6 is 11.6 Å². The van der Waals surface area contributed by atoms with Gasteiger partial charge in [0.25, 0.3) is 0 Å². The fraction of sp³-hybridized carbons (Fsp3) is 0.231. The van der Waals surface area contributed by atoms with Gasteiger partial charge in [-0.1, -0.05) is 23.7 Å². The number of aromatic nitrogens is 2. The Morgan fingerprint density at radius 2 is 2.00 bits per heavy atom. The fourth-order valence-electron chi connectivity index (χ4n) is 1.69. The molecule has 1 unspecified atom stereocenters. The van der Waals surface area contributed by atoms with E-state index in [0.717, 1.165) is 12.0 Å². The van der Waals surface area contributed by atoms with Crippen molar-refractivity contribution in [3.63, 3.8) is 0 Å². The summed E-state index contributed by atoms with van der Waals surface area (Å²) in [4.78, 5) is 7.88. The van der Waals surface area contributed by atoms with Crippen molar-refractivity contribution in [2.45, 2.75) is 19.4 Å². The molecule has 1 atom stereocenters. The highest BCUT2D eigenvalue weighted by Gasteiger charge is 2.05. The molecule has 1 heterocycles. The first-order chi connectivity index (χ1) is 8.63. The Hall–Kier alpha value is -1.68. The minimum Gasteiger partial charge on any atom is -0.367 e. The normalized spacial score (nSPS) is 12.2. The van der Waals surface area contributed by atoms with Crippen LogP contribution in [0.4, 0.5) is 10.2 Å². The monoisotopic (exact) mass is 265 g/mol. The number of hydrogen-bond donors (Lipinski definition) is 1. The van der Waals surface area contributed by atoms with E-state index in [-0.39, 0.29) is 11.9 Å². The predicted octanol–water partition coefficient (Wildman–Crippen LogP) is 3.31. The average molecular weight is 266 g/mol. The number of nitrogens with one attached hydrogen (secondary N) is 1. The summed E-state index contributed by atoms with van der Waals surface area (Å²) < 4.78 is 12.8. The van der Waals surface area contributed by atoms with Crippen molar-refractivity contribution in [3.8, 4) is 0 Å². The first-order valence-corrected chi connectivity index (χ1v) is 6.00. The van der Waals surface area contributed by atoms with Gasteiger partial charge in [-0.3, -0.25) is 0 Å². The SMILES string of the molecule is CC(Cc1ccc(F)cc1)Nc1cc(Cl)ncn1. The Labute approximate surface area is 110 Å². The van der Waals surface area contributed by atoms with Gasteiger partial charge in [-0.05, 0) is 31.0 Å². The van der Waals surface area contributed by atoms with Crippen molar-refractivity contribution >= 4 is 17.4 Å². The van der Waals surface area contributed by atoms with Gasteiger partial charge in [0.05, 0.1) is 0 Å². The third-order valence-corrected chi connectivity index (χ3v) is 2.69. The van der Waals surface area contributed by atoms with E-state index in [9.17, 15) is 4.39 Å². The maximum Gasteiger partial charge on any atom is 0.134 e. The van der Waals surface area contributed by atoms with Crippen LogP contribution in [-0.2, 0) is 6.42 Å². The van der Waals surface area contributed by atoms with Crippen molar-refractivity contribution in [3.05, 3.63) is 53.2 Å². The molecule has 3 nitrogen and oxygen atoms in total. The molecule has 0 saturated heterocycles. The van der Waals surface area contributed by atoms with E-state index in [4.69, 9.17) is 11.6 Å². The van der Waals surface area contributed by atoms with Crippen molar-refractivity contribution in [1.82, 2.24) is 9.97 Å². The highest BCUT2D eigenvalue weighted by molar-refractivity contribution is 6.29. The van der Waals surface area contributed by atoms with Gasteiger partial charge in [-0.15, -0.1) is 0 Å². The molecule has 0 fully saturated rings. The average Bonchev–Trinajstić information content (AvgIpc) is 2.32. The van der Waals surface area contributed by atoms with Crippen molar-refractivity contribution in [2.75, 3.05) is 5.32 Å². The highest BCUT2D eigenvalue weighted by atomic mass is 35.5. The van der Waals surface area contributed by atoms with Crippen LogP contribution in [0.25, 0.3) is 0 Å². The number of benzene rings is 1. The largest absolute Gasteiger partial charge is 0.367 e. The van der Waals surface area contributed by atoms with Crippen LogP contribution in [0.2, 0.25) is 5.15 Å². The lowest BCUT2D eigenvalue weighted by atomic mass is 10.1. The Bertz CT molecular complexity index is 516. The molecule has 1 aromatic carbocycles. The maximum absolute atomic E-state index is 12.8. The number of anilines is 1. The van der Waals surface area contributed by atoms with Crippen LogP contribution in [0.3, 0.4) is 0 Å². The summed E-state index contributed by atoms with van der Waals surface area (Å²) in [5.41, 5.74) is 1.07. The fourth-order valence-corrected chi connectivity index (χ4v) is 1.84. The first kappa shape index (κ1) is 12.8. The van der Waals surface area contributed by atoms with Gasteiger partial charge in [-0.2, -0.15) is 0 Å². The Morgan fingerprint density at radius 3 is 2.67 bits per heavy atom. The Morgan fingerprint density at radius 1 is 1.28 bits per heavy atom. The van der Waals surface area contributed by atoms with Gasteiger partial charge in [0.2, 0.25) is 0 Å². The van der Waals surface area contributed by atoms with Crippen LogP contribution in [0, 0.1) is 5.82 Å². The van der Waals surface area contributed by atoms with Crippen LogP contribution < -0.4 is 5.32 Å².